The van der Waals surface area contributed by atoms with Crippen LogP contribution >= 0.6 is 11.3 Å². The summed E-state index contributed by atoms with van der Waals surface area (Å²) in [7, 11) is 0. The zero-order chi connectivity index (χ0) is 22.4. The van der Waals surface area contributed by atoms with Crippen molar-refractivity contribution in [2.24, 2.45) is 23.7 Å². The van der Waals surface area contributed by atoms with Gasteiger partial charge in [0.2, 0.25) is 5.91 Å². The lowest BCUT2D eigenvalue weighted by atomic mass is 9.65. The van der Waals surface area contributed by atoms with Crippen molar-refractivity contribution in [3.8, 4) is 0 Å². The maximum absolute atomic E-state index is 13.2. The molecule has 33 heavy (non-hydrogen) atoms. The van der Waals surface area contributed by atoms with E-state index >= 15 is 0 Å². The molecule has 1 amide bonds. The quantitative estimate of drug-likeness (QED) is 0.646. The average Bonchev–Trinajstić information content (AvgIpc) is 3.47. The topological polar surface area (TPSA) is 69.3 Å². The number of hydrazine groups is 1. The molecule has 176 valence electrons. The minimum absolute atomic E-state index is 0.165. The van der Waals surface area contributed by atoms with Crippen molar-refractivity contribution < 1.29 is 4.79 Å². The summed E-state index contributed by atoms with van der Waals surface area (Å²) in [5.41, 5.74) is 9.51. The van der Waals surface area contributed by atoms with E-state index in [2.05, 4.69) is 62.6 Å². The minimum atomic E-state index is 0.165. The van der Waals surface area contributed by atoms with Gasteiger partial charge in [-0.25, -0.2) is 5.43 Å². The summed E-state index contributed by atoms with van der Waals surface area (Å²) in [4.78, 5) is 21.6. The third-order valence-electron chi connectivity index (χ3n) is 8.59. The summed E-state index contributed by atoms with van der Waals surface area (Å²) in [6.07, 6.45) is 7.56. The summed E-state index contributed by atoms with van der Waals surface area (Å²) >= 11 is 1.84. The van der Waals surface area contributed by atoms with E-state index in [0.717, 1.165) is 38.2 Å². The summed E-state index contributed by atoms with van der Waals surface area (Å²) in [5.74, 6) is 2.10. The molecule has 6 nitrogen and oxygen atoms in total. The largest absolute Gasteiger partial charge is 0.353 e. The summed E-state index contributed by atoms with van der Waals surface area (Å²) < 4.78 is 0. The first kappa shape index (κ1) is 21.7. The van der Waals surface area contributed by atoms with Crippen molar-refractivity contribution in [1.29, 1.82) is 0 Å². The van der Waals surface area contributed by atoms with Gasteiger partial charge in [0.1, 0.15) is 0 Å². The molecular weight excluding hydrogens is 430 g/mol. The lowest BCUT2D eigenvalue weighted by molar-refractivity contribution is -0.133. The van der Waals surface area contributed by atoms with Crippen LogP contribution in [0.15, 0.2) is 35.8 Å². The minimum Gasteiger partial charge on any atom is -0.353 e. The average molecular weight is 466 g/mol. The van der Waals surface area contributed by atoms with E-state index in [1.807, 2.05) is 17.5 Å². The first-order chi connectivity index (χ1) is 16.1. The van der Waals surface area contributed by atoms with Gasteiger partial charge in [-0.1, -0.05) is 6.07 Å². The van der Waals surface area contributed by atoms with Gasteiger partial charge in [-0.15, -0.1) is 11.3 Å². The van der Waals surface area contributed by atoms with Gasteiger partial charge in [-0.05, 0) is 92.5 Å². The molecule has 3 aliphatic heterocycles. The molecule has 4 aliphatic rings. The van der Waals surface area contributed by atoms with Gasteiger partial charge >= 0.3 is 0 Å². The molecule has 0 bridgehead atoms. The van der Waals surface area contributed by atoms with Crippen LogP contribution in [0.2, 0.25) is 0 Å². The third-order valence-corrected chi connectivity index (χ3v) is 9.45. The Labute approximate surface area is 200 Å². The van der Waals surface area contributed by atoms with Crippen molar-refractivity contribution in [2.45, 2.75) is 63.7 Å². The van der Waals surface area contributed by atoms with Gasteiger partial charge in [0.15, 0.2) is 0 Å². The number of fused-ring (bicyclic) bond motifs is 2. The maximum Gasteiger partial charge on any atom is 0.223 e. The number of amides is 1. The molecule has 0 spiro atoms. The number of carbonyl (C=O) groups excluding carboxylic acids is 1. The number of thiophene rings is 1. The highest BCUT2D eigenvalue weighted by Gasteiger charge is 2.49. The highest BCUT2D eigenvalue weighted by molar-refractivity contribution is 7.09. The Kier molecular flexibility index (Phi) is 5.99. The molecule has 1 saturated carbocycles. The first-order valence-electron chi connectivity index (χ1n) is 12.6. The van der Waals surface area contributed by atoms with Crippen LogP contribution in [-0.2, 0) is 11.3 Å². The number of nitrogens with one attached hydrogen (secondary N) is 3. The van der Waals surface area contributed by atoms with Crippen LogP contribution in [0.5, 0.6) is 0 Å². The monoisotopic (exact) mass is 465 g/mol. The predicted octanol–water partition coefficient (Wildman–Crippen LogP) is 3.41. The molecule has 4 fully saturated rings. The predicted molar refractivity (Wildman–Crippen MR) is 130 cm³/mol. The molecule has 3 N–H and O–H groups in total. The van der Waals surface area contributed by atoms with E-state index in [1.54, 1.807) is 0 Å². The Morgan fingerprint density at radius 3 is 2.94 bits per heavy atom. The number of aryl methyl sites for hydroxylation is 1. The summed E-state index contributed by atoms with van der Waals surface area (Å²) in [5, 5.41) is 5.63. The van der Waals surface area contributed by atoms with Crippen molar-refractivity contribution in [1.82, 2.24) is 26.1 Å². The first-order valence-corrected chi connectivity index (χ1v) is 13.5. The number of rotatable bonds is 4. The van der Waals surface area contributed by atoms with Gasteiger partial charge in [0.25, 0.3) is 0 Å². The van der Waals surface area contributed by atoms with Crippen molar-refractivity contribution in [3.05, 3.63) is 52.0 Å². The van der Waals surface area contributed by atoms with Gasteiger partial charge in [0, 0.05) is 47.9 Å². The summed E-state index contributed by atoms with van der Waals surface area (Å²) in [6, 6.07) is 9.78. The molecule has 5 heterocycles. The highest BCUT2D eigenvalue weighted by Crippen LogP contribution is 2.45. The van der Waals surface area contributed by atoms with E-state index in [9.17, 15) is 4.79 Å². The van der Waals surface area contributed by atoms with Crippen LogP contribution in [0.3, 0.4) is 0 Å². The van der Waals surface area contributed by atoms with Gasteiger partial charge < -0.3 is 5.32 Å². The molecule has 7 unspecified atom stereocenters. The van der Waals surface area contributed by atoms with Crippen LogP contribution in [0.1, 0.15) is 54.3 Å². The van der Waals surface area contributed by atoms with Crippen molar-refractivity contribution >= 4 is 17.2 Å². The maximum atomic E-state index is 13.2. The summed E-state index contributed by atoms with van der Waals surface area (Å²) in [6.45, 7) is 5.31. The number of nitrogens with zero attached hydrogens (tertiary/aromatic N) is 2. The number of piperidine rings is 2. The molecule has 0 radical (unpaired) electrons. The fraction of sp³-hybridized carbons (Fsp3) is 0.615. The molecular formula is C26H35N5OS. The Balaban J connectivity index is 1.14. The molecule has 1 aliphatic carbocycles. The second-order valence-electron chi connectivity index (χ2n) is 10.7. The Bertz CT molecular complexity index is 981. The Hall–Kier alpha value is -1.80. The SMILES string of the molecule is Cc1cc(C2NNC3CC4NC(=O)C(C5CCCN(Cc6cccs6)C5)CC4CC32)ccn1. The van der Waals surface area contributed by atoms with Crippen LogP contribution < -0.4 is 16.2 Å². The van der Waals surface area contributed by atoms with Gasteiger partial charge in [0.05, 0.1) is 6.04 Å². The molecule has 7 atom stereocenters. The molecule has 2 aromatic heterocycles. The van der Waals surface area contributed by atoms with Crippen LogP contribution in [0.4, 0.5) is 0 Å². The Morgan fingerprint density at radius 2 is 2.09 bits per heavy atom. The van der Waals surface area contributed by atoms with Crippen molar-refractivity contribution in [2.75, 3.05) is 13.1 Å². The van der Waals surface area contributed by atoms with E-state index < -0.39 is 0 Å². The smallest absolute Gasteiger partial charge is 0.223 e. The molecule has 0 aromatic carbocycles. The van der Waals surface area contributed by atoms with E-state index in [-0.39, 0.29) is 5.92 Å². The van der Waals surface area contributed by atoms with Gasteiger partial charge in [-0.3, -0.25) is 20.1 Å². The number of hydrogen-bond acceptors (Lipinski definition) is 6. The lowest BCUT2D eigenvalue weighted by Gasteiger charge is -2.47. The van der Waals surface area contributed by atoms with E-state index in [4.69, 9.17) is 0 Å². The Morgan fingerprint density at radius 1 is 1.15 bits per heavy atom. The number of carbonyl (C=O) groups is 1. The fourth-order valence-electron chi connectivity index (χ4n) is 7.00. The zero-order valence-electron chi connectivity index (χ0n) is 19.4. The molecule has 6 rings (SSSR count). The standard InChI is InChI=1S/C26H35N5OS/c1-16-10-17(6-7-27-16)25-22-12-19-11-21(26(32)28-23(19)13-24(22)29-30-25)18-4-2-8-31(14-18)15-20-5-3-9-33-20/h3,5-7,9-10,18-19,21-25,29-30H,2,4,8,11-15H2,1H3,(H,28,32). The van der Waals surface area contributed by atoms with Crippen LogP contribution in [0, 0.1) is 30.6 Å². The second kappa shape index (κ2) is 9.10. The number of aromatic nitrogens is 1. The van der Waals surface area contributed by atoms with E-state index in [1.165, 1.54) is 29.7 Å². The molecule has 7 heteroatoms. The van der Waals surface area contributed by atoms with E-state index in [0.29, 0.717) is 41.8 Å². The van der Waals surface area contributed by atoms with Gasteiger partial charge in [-0.2, -0.15) is 0 Å². The van der Waals surface area contributed by atoms with Crippen molar-refractivity contribution in [3.63, 3.8) is 0 Å². The zero-order valence-corrected chi connectivity index (χ0v) is 20.2. The second-order valence-corrected chi connectivity index (χ2v) is 11.7. The highest BCUT2D eigenvalue weighted by atomic mass is 32.1. The number of likely N-dealkylation sites (tertiary alicyclic amines) is 1. The lowest BCUT2D eigenvalue weighted by Crippen LogP contribution is -2.57. The normalized spacial score (nSPS) is 36.8. The third kappa shape index (κ3) is 4.36. The molecule has 2 aromatic rings. The van der Waals surface area contributed by atoms with Crippen LogP contribution in [0.25, 0.3) is 0 Å². The number of pyridine rings is 1. The van der Waals surface area contributed by atoms with Crippen LogP contribution in [-0.4, -0.2) is 41.0 Å². The molecule has 3 saturated heterocycles. The fourth-order valence-corrected chi connectivity index (χ4v) is 7.75. The number of hydrogen-bond donors (Lipinski definition) is 3.